The molecule has 0 fully saturated rings. The predicted molar refractivity (Wildman–Crippen MR) is 239 cm³/mol. The van der Waals surface area contributed by atoms with Crippen molar-refractivity contribution in [3.8, 4) is 22.3 Å². The molecule has 8 rings (SSSR count). The summed E-state index contributed by atoms with van der Waals surface area (Å²) in [4.78, 5) is 43.2. The minimum Gasteiger partial charge on any atom is -0.302 e. The van der Waals surface area contributed by atoms with Crippen LogP contribution in [0, 0.1) is 6.92 Å². The number of aromatic nitrogens is 4. The summed E-state index contributed by atoms with van der Waals surface area (Å²) in [5.41, 5.74) is 5.37. The summed E-state index contributed by atoms with van der Waals surface area (Å²) >= 11 is 15.6. The van der Waals surface area contributed by atoms with Crippen LogP contribution in [0.2, 0.25) is 9.49 Å². The third-order valence-corrected chi connectivity index (χ3v) is 15.4. The smallest absolute Gasteiger partial charge is 0.271 e. The Morgan fingerprint density at radius 3 is 1.82 bits per heavy atom. The van der Waals surface area contributed by atoms with Gasteiger partial charge in [-0.1, -0.05) is 75.7 Å². The SMILES string of the molecule is Cc1ccc(S(=O)(=O)Nc2cncc(-c3ccc4nc(NC(=O)CCC(=O)Nc5nc6ccc(-c7cnc(Cl)c(NS(=O)(=O)c8ccc(Cl)s8)c7)cc6s5)sc4c3)c2)cc1. The highest BCUT2D eigenvalue weighted by molar-refractivity contribution is 7.94. The first-order valence-electron chi connectivity index (χ1n) is 17.6. The number of carbonyl (C=O) groups is 2. The van der Waals surface area contributed by atoms with Crippen molar-refractivity contribution in [1.29, 1.82) is 0 Å². The molecule has 0 bridgehead atoms. The molecule has 21 heteroatoms. The molecule has 304 valence electrons. The fraction of sp³-hybridized carbons (Fsp3) is 0.0769. The van der Waals surface area contributed by atoms with E-state index in [1.807, 2.05) is 25.1 Å². The van der Waals surface area contributed by atoms with Gasteiger partial charge in [-0.2, -0.15) is 0 Å². The molecule has 0 radical (unpaired) electrons. The maximum Gasteiger partial charge on any atom is 0.271 e. The van der Waals surface area contributed by atoms with Crippen molar-refractivity contribution in [3.05, 3.63) is 119 Å². The van der Waals surface area contributed by atoms with Crippen LogP contribution in [-0.4, -0.2) is 48.6 Å². The lowest BCUT2D eigenvalue weighted by molar-refractivity contribution is -0.121. The molecule has 3 aromatic carbocycles. The number of aryl methyl sites for hydroxylation is 1. The van der Waals surface area contributed by atoms with Crippen LogP contribution >= 0.6 is 57.2 Å². The van der Waals surface area contributed by atoms with Crippen LogP contribution in [0.25, 0.3) is 42.7 Å². The highest BCUT2D eigenvalue weighted by Gasteiger charge is 2.20. The number of nitrogens with zero attached hydrogens (tertiary/aromatic N) is 4. The number of thiazole rings is 2. The summed E-state index contributed by atoms with van der Waals surface area (Å²) in [7, 11) is -7.76. The number of benzene rings is 3. The lowest BCUT2D eigenvalue weighted by atomic mass is 10.1. The van der Waals surface area contributed by atoms with Gasteiger partial charge in [-0.3, -0.25) is 24.0 Å². The molecule has 0 saturated carbocycles. The first kappa shape index (κ1) is 41.2. The van der Waals surface area contributed by atoms with Crippen molar-refractivity contribution < 1.29 is 26.4 Å². The topological polar surface area (TPSA) is 202 Å². The van der Waals surface area contributed by atoms with E-state index < -0.39 is 31.9 Å². The number of thiophene rings is 1. The normalized spacial score (nSPS) is 11.8. The number of halogens is 2. The summed E-state index contributed by atoms with van der Waals surface area (Å²) in [6.07, 6.45) is 4.37. The summed E-state index contributed by atoms with van der Waals surface area (Å²) in [5, 5.41) is 6.20. The molecule has 0 atom stereocenters. The standard InChI is InChI=1S/C39H28Cl2N8O6S5/c1-21-2-6-27(7-3-21)59(52,53)48-26-14-24(18-42-20-26)22-4-8-28-31(16-22)56-38(44-28)46-34(50)11-12-35(51)47-39-45-29-9-5-23(17-32(29)57-39)25-15-30(37(41)43-19-25)49-60(54,55)36-13-10-33(40)58-36/h2-10,13-20,48-49H,11-12H2,1H3,(H,44,46,50)(H,45,47,51). The summed E-state index contributed by atoms with van der Waals surface area (Å²) in [6.45, 7) is 1.88. The van der Waals surface area contributed by atoms with Gasteiger partial charge >= 0.3 is 0 Å². The van der Waals surface area contributed by atoms with E-state index in [4.69, 9.17) is 23.2 Å². The van der Waals surface area contributed by atoms with Crippen LogP contribution in [0.5, 0.6) is 0 Å². The number of nitrogens with one attached hydrogen (secondary N) is 4. The maximum absolute atomic E-state index is 12.9. The number of sulfonamides is 2. The number of rotatable bonds is 13. The summed E-state index contributed by atoms with van der Waals surface area (Å²) in [5.74, 6) is -0.797. The highest BCUT2D eigenvalue weighted by atomic mass is 35.5. The molecule has 4 N–H and O–H groups in total. The maximum atomic E-state index is 12.9. The number of pyridine rings is 2. The number of carbonyl (C=O) groups excluding carboxylic acids is 2. The van der Waals surface area contributed by atoms with Gasteiger partial charge in [0.2, 0.25) is 11.8 Å². The van der Waals surface area contributed by atoms with Gasteiger partial charge in [0, 0.05) is 36.4 Å². The monoisotopic (exact) mass is 934 g/mol. The van der Waals surface area contributed by atoms with E-state index in [1.54, 1.807) is 60.8 Å². The Morgan fingerprint density at radius 2 is 1.23 bits per heavy atom. The lowest BCUT2D eigenvalue weighted by Gasteiger charge is -2.10. The Morgan fingerprint density at radius 1 is 0.633 bits per heavy atom. The van der Waals surface area contributed by atoms with Crippen LogP contribution < -0.4 is 20.1 Å². The van der Waals surface area contributed by atoms with Crippen LogP contribution in [0.3, 0.4) is 0 Å². The molecule has 14 nitrogen and oxygen atoms in total. The minimum atomic E-state index is -3.94. The van der Waals surface area contributed by atoms with Crippen LogP contribution in [-0.2, 0) is 29.6 Å². The second kappa shape index (κ2) is 16.8. The molecule has 2 amide bonds. The van der Waals surface area contributed by atoms with Crippen molar-refractivity contribution in [1.82, 2.24) is 19.9 Å². The Labute approximate surface area is 364 Å². The second-order valence-corrected chi connectivity index (χ2v) is 20.8. The fourth-order valence-electron chi connectivity index (χ4n) is 5.81. The van der Waals surface area contributed by atoms with E-state index >= 15 is 0 Å². The van der Waals surface area contributed by atoms with E-state index in [0.717, 1.165) is 31.9 Å². The molecule has 0 aliphatic heterocycles. The zero-order valence-electron chi connectivity index (χ0n) is 30.8. The third-order valence-electron chi connectivity index (χ3n) is 8.73. The Bertz CT molecular complexity index is 3190. The van der Waals surface area contributed by atoms with Crippen LogP contribution in [0.1, 0.15) is 18.4 Å². The fourth-order valence-corrected chi connectivity index (χ4v) is 11.4. The zero-order valence-corrected chi connectivity index (χ0v) is 36.4. The van der Waals surface area contributed by atoms with Gasteiger partial charge in [-0.15, -0.1) is 11.3 Å². The average Bonchev–Trinajstić information content (AvgIpc) is 3.95. The van der Waals surface area contributed by atoms with Crippen molar-refractivity contribution >= 4 is 131 Å². The van der Waals surface area contributed by atoms with Gasteiger partial charge < -0.3 is 10.6 Å². The van der Waals surface area contributed by atoms with E-state index in [0.29, 0.717) is 48.0 Å². The number of hydrogen-bond acceptors (Lipinski definition) is 13. The molecule has 0 spiro atoms. The zero-order chi connectivity index (χ0) is 42.2. The molecule has 0 unspecified atom stereocenters. The molecule has 8 aromatic rings. The van der Waals surface area contributed by atoms with Gasteiger partial charge in [0.05, 0.1) is 47.2 Å². The quantitative estimate of drug-likeness (QED) is 0.0807. The number of hydrogen-bond donors (Lipinski definition) is 4. The van der Waals surface area contributed by atoms with E-state index in [2.05, 4.69) is 40.0 Å². The highest BCUT2D eigenvalue weighted by Crippen LogP contribution is 2.35. The van der Waals surface area contributed by atoms with Crippen LogP contribution in [0.4, 0.5) is 21.6 Å². The van der Waals surface area contributed by atoms with Crippen molar-refractivity contribution in [2.75, 3.05) is 20.1 Å². The Hall–Kier alpha value is -5.54. The molecule has 0 aliphatic rings. The number of anilines is 4. The lowest BCUT2D eigenvalue weighted by Crippen LogP contribution is -2.17. The molecule has 60 heavy (non-hydrogen) atoms. The average molecular weight is 936 g/mol. The Balaban J connectivity index is 0.869. The first-order valence-corrected chi connectivity index (χ1v) is 23.7. The van der Waals surface area contributed by atoms with E-state index in [1.165, 1.54) is 47.2 Å². The van der Waals surface area contributed by atoms with Gasteiger partial charge in [0.25, 0.3) is 20.0 Å². The molecule has 5 aromatic heterocycles. The van der Waals surface area contributed by atoms with Gasteiger partial charge in [0.15, 0.2) is 15.4 Å². The van der Waals surface area contributed by atoms with Crippen molar-refractivity contribution in [2.45, 2.75) is 28.9 Å². The van der Waals surface area contributed by atoms with Crippen molar-refractivity contribution in [2.24, 2.45) is 0 Å². The minimum absolute atomic E-state index is 0.0287. The Kier molecular flexibility index (Phi) is 11.6. The number of fused-ring (bicyclic) bond motifs is 2. The van der Waals surface area contributed by atoms with E-state index in [-0.39, 0.29) is 32.8 Å². The third kappa shape index (κ3) is 9.42. The predicted octanol–water partition coefficient (Wildman–Crippen LogP) is 9.67. The molecule has 5 heterocycles. The van der Waals surface area contributed by atoms with Gasteiger partial charge in [0.1, 0.15) is 4.21 Å². The van der Waals surface area contributed by atoms with Crippen molar-refractivity contribution in [3.63, 3.8) is 0 Å². The molecular formula is C39H28Cl2N8O6S5. The van der Waals surface area contributed by atoms with Gasteiger partial charge in [-0.05, 0) is 78.7 Å². The summed E-state index contributed by atoms with van der Waals surface area (Å²) < 4.78 is 58.5. The van der Waals surface area contributed by atoms with E-state index in [9.17, 15) is 26.4 Å². The molecule has 0 aliphatic carbocycles. The molecular weight excluding hydrogens is 908 g/mol. The molecule has 0 saturated heterocycles. The number of amides is 2. The second-order valence-electron chi connectivity index (χ2n) is 13.1. The first-order chi connectivity index (χ1) is 28.7. The largest absolute Gasteiger partial charge is 0.302 e. The van der Waals surface area contributed by atoms with Gasteiger partial charge in [-0.25, -0.2) is 31.8 Å². The summed E-state index contributed by atoms with van der Waals surface area (Å²) in [6, 6.07) is 23.6. The van der Waals surface area contributed by atoms with Crippen LogP contribution in [0.15, 0.2) is 113 Å².